The monoisotopic (exact) mass is 360 g/mol. The molecule has 134 valence electrons. The van der Waals surface area contributed by atoms with E-state index < -0.39 is 11.7 Å². The molecule has 3 rings (SSSR count). The minimum atomic E-state index is -4.47. The van der Waals surface area contributed by atoms with Crippen molar-refractivity contribution in [3.8, 4) is 0 Å². The zero-order chi connectivity index (χ0) is 18.7. The van der Waals surface area contributed by atoms with Gasteiger partial charge in [0.15, 0.2) is 0 Å². The first-order valence-corrected chi connectivity index (χ1v) is 7.76. The Morgan fingerprint density at radius 2 is 1.85 bits per heavy atom. The van der Waals surface area contributed by atoms with Gasteiger partial charge in [-0.1, -0.05) is 30.3 Å². The number of halogens is 3. The number of fused-ring (bicyclic) bond motifs is 1. The highest BCUT2D eigenvalue weighted by Crippen LogP contribution is 2.34. The number of amidine groups is 1. The zero-order valence-corrected chi connectivity index (χ0v) is 13.8. The maximum Gasteiger partial charge on any atom is 0.416 e. The number of benzene rings is 2. The summed E-state index contributed by atoms with van der Waals surface area (Å²) in [6, 6.07) is 12.3. The van der Waals surface area contributed by atoms with Gasteiger partial charge in [-0.25, -0.2) is 4.99 Å². The number of amides is 1. The molecular formula is C18H15F3N4O. The molecule has 0 fully saturated rings. The molecule has 0 spiro atoms. The molecule has 0 bridgehead atoms. The number of hydrazine groups is 1. The Kier molecular flexibility index (Phi) is 4.75. The number of aliphatic imine (C=N–C) groups is 2. The Bertz CT molecular complexity index is 889. The van der Waals surface area contributed by atoms with Crippen molar-refractivity contribution in [2.45, 2.75) is 13.1 Å². The van der Waals surface area contributed by atoms with Crippen molar-refractivity contribution in [2.24, 2.45) is 9.98 Å². The second-order valence-corrected chi connectivity index (χ2v) is 5.63. The molecule has 26 heavy (non-hydrogen) atoms. The molecule has 1 aliphatic rings. The van der Waals surface area contributed by atoms with Gasteiger partial charge in [0.05, 0.1) is 23.5 Å². The molecule has 1 amide bonds. The first-order valence-electron chi connectivity index (χ1n) is 7.76. The first-order chi connectivity index (χ1) is 12.3. The van der Waals surface area contributed by atoms with Gasteiger partial charge in [0.2, 0.25) is 5.91 Å². The van der Waals surface area contributed by atoms with Gasteiger partial charge in [-0.2, -0.15) is 13.2 Å². The van der Waals surface area contributed by atoms with Crippen LogP contribution in [0.5, 0.6) is 0 Å². The van der Waals surface area contributed by atoms with Gasteiger partial charge in [0, 0.05) is 18.1 Å². The van der Waals surface area contributed by atoms with E-state index in [1.807, 2.05) is 6.07 Å². The van der Waals surface area contributed by atoms with Crippen LogP contribution in [0.4, 0.5) is 18.9 Å². The van der Waals surface area contributed by atoms with Gasteiger partial charge in [0.1, 0.15) is 5.84 Å². The highest BCUT2D eigenvalue weighted by Gasteiger charge is 2.32. The second kappa shape index (κ2) is 6.99. The molecule has 8 heteroatoms. The number of hydrogen-bond acceptors (Lipinski definition) is 4. The summed E-state index contributed by atoms with van der Waals surface area (Å²) in [7, 11) is 0. The molecule has 0 radical (unpaired) electrons. The molecule has 0 saturated heterocycles. The molecule has 2 N–H and O–H groups in total. The Morgan fingerprint density at radius 3 is 2.50 bits per heavy atom. The summed E-state index contributed by atoms with van der Waals surface area (Å²) in [4.78, 5) is 19.8. The fourth-order valence-electron chi connectivity index (χ4n) is 2.49. The summed E-state index contributed by atoms with van der Waals surface area (Å²) in [6.07, 6.45) is -4.47. The number of carbonyl (C=O) groups excluding carboxylic acids is 1. The quantitative estimate of drug-likeness (QED) is 0.767. The van der Waals surface area contributed by atoms with E-state index in [4.69, 9.17) is 0 Å². The molecule has 1 aliphatic heterocycles. The largest absolute Gasteiger partial charge is 0.416 e. The number of alkyl halides is 3. The molecule has 2 aromatic rings. The van der Waals surface area contributed by atoms with Crippen LogP contribution >= 0.6 is 0 Å². The van der Waals surface area contributed by atoms with Crippen LogP contribution in [0.3, 0.4) is 0 Å². The second-order valence-electron chi connectivity index (χ2n) is 5.63. The van der Waals surface area contributed by atoms with E-state index in [1.54, 1.807) is 24.3 Å². The predicted molar refractivity (Wildman–Crippen MR) is 92.4 cm³/mol. The fraction of sp³-hybridized carbons (Fsp3) is 0.167. The lowest BCUT2D eigenvalue weighted by Crippen LogP contribution is -2.41. The van der Waals surface area contributed by atoms with Crippen molar-refractivity contribution in [3.05, 3.63) is 65.2 Å². The van der Waals surface area contributed by atoms with Gasteiger partial charge in [-0.05, 0) is 18.2 Å². The molecule has 2 aromatic carbocycles. The van der Waals surface area contributed by atoms with Crippen LogP contribution in [0.2, 0.25) is 0 Å². The van der Waals surface area contributed by atoms with Crippen LogP contribution in [0.1, 0.15) is 23.6 Å². The summed E-state index contributed by atoms with van der Waals surface area (Å²) in [5.74, 6) is 0.00370. The normalized spacial score (nSPS) is 13.8. The topological polar surface area (TPSA) is 65.8 Å². The minimum absolute atomic E-state index is 0.0839. The summed E-state index contributed by atoms with van der Waals surface area (Å²) < 4.78 is 39.4. The summed E-state index contributed by atoms with van der Waals surface area (Å²) in [5, 5.41) is 0. The third kappa shape index (κ3) is 3.90. The van der Waals surface area contributed by atoms with Crippen molar-refractivity contribution in [3.63, 3.8) is 0 Å². The minimum Gasteiger partial charge on any atom is -0.284 e. The molecule has 0 aromatic heterocycles. The van der Waals surface area contributed by atoms with E-state index in [9.17, 15) is 18.0 Å². The standard InChI is InChI=1S/C18H15F3N4O/c1-11(26)24-25-16-10-22-17(12-5-3-2-4-6-12)14-9-13(18(19,20)21)7-8-15(14)23-16/h2-9H,10H2,1H3,(H,23,25)(H,24,26). The smallest absolute Gasteiger partial charge is 0.284 e. The number of hydrogen-bond donors (Lipinski definition) is 2. The van der Waals surface area contributed by atoms with E-state index >= 15 is 0 Å². The van der Waals surface area contributed by atoms with Crippen LogP contribution in [-0.4, -0.2) is 24.0 Å². The van der Waals surface area contributed by atoms with Crippen LogP contribution < -0.4 is 10.9 Å². The van der Waals surface area contributed by atoms with Gasteiger partial charge in [-0.15, -0.1) is 0 Å². The van der Waals surface area contributed by atoms with Gasteiger partial charge >= 0.3 is 6.18 Å². The lowest BCUT2D eigenvalue weighted by Gasteiger charge is -2.12. The summed E-state index contributed by atoms with van der Waals surface area (Å²) in [6.45, 7) is 1.41. The number of nitrogens with zero attached hydrogens (tertiary/aromatic N) is 2. The van der Waals surface area contributed by atoms with Crippen LogP contribution in [-0.2, 0) is 11.0 Å². The van der Waals surface area contributed by atoms with Crippen molar-refractivity contribution in [1.82, 2.24) is 10.9 Å². The van der Waals surface area contributed by atoms with Gasteiger partial charge in [-0.3, -0.25) is 20.6 Å². The molecular weight excluding hydrogens is 345 g/mol. The zero-order valence-electron chi connectivity index (χ0n) is 13.8. The fourth-order valence-corrected chi connectivity index (χ4v) is 2.49. The molecule has 0 aliphatic carbocycles. The van der Waals surface area contributed by atoms with Gasteiger partial charge < -0.3 is 0 Å². The molecule has 0 saturated carbocycles. The first kappa shape index (κ1) is 17.7. The maximum absolute atomic E-state index is 13.1. The average molecular weight is 360 g/mol. The molecule has 0 unspecified atom stereocenters. The lowest BCUT2D eigenvalue weighted by molar-refractivity contribution is -0.137. The maximum atomic E-state index is 13.1. The average Bonchev–Trinajstić information content (AvgIpc) is 2.78. The van der Waals surface area contributed by atoms with Crippen LogP contribution in [0, 0.1) is 0 Å². The Hall–Kier alpha value is -3.16. The van der Waals surface area contributed by atoms with E-state index in [2.05, 4.69) is 20.8 Å². The Labute approximate surface area is 147 Å². The lowest BCUT2D eigenvalue weighted by atomic mass is 9.98. The van der Waals surface area contributed by atoms with E-state index in [1.165, 1.54) is 13.0 Å². The van der Waals surface area contributed by atoms with Crippen molar-refractivity contribution < 1.29 is 18.0 Å². The number of nitrogens with one attached hydrogen (secondary N) is 2. The van der Waals surface area contributed by atoms with Crippen molar-refractivity contribution in [2.75, 3.05) is 6.54 Å². The highest BCUT2D eigenvalue weighted by atomic mass is 19.4. The third-order valence-electron chi connectivity index (χ3n) is 3.65. The van der Waals surface area contributed by atoms with E-state index in [-0.39, 0.29) is 18.0 Å². The molecule has 5 nitrogen and oxygen atoms in total. The summed E-state index contributed by atoms with van der Waals surface area (Å²) in [5.41, 5.74) is 5.98. The third-order valence-corrected chi connectivity index (χ3v) is 3.65. The number of rotatable bonds is 1. The predicted octanol–water partition coefficient (Wildman–Crippen LogP) is 3.23. The highest BCUT2D eigenvalue weighted by molar-refractivity contribution is 6.17. The summed E-state index contributed by atoms with van der Waals surface area (Å²) >= 11 is 0. The van der Waals surface area contributed by atoms with Gasteiger partial charge in [0.25, 0.3) is 0 Å². The molecule has 1 heterocycles. The van der Waals surface area contributed by atoms with Crippen molar-refractivity contribution >= 4 is 23.1 Å². The van der Waals surface area contributed by atoms with Crippen molar-refractivity contribution in [1.29, 1.82) is 0 Å². The Balaban J connectivity index is 2.10. The van der Waals surface area contributed by atoms with Crippen LogP contribution in [0.15, 0.2) is 58.5 Å². The van der Waals surface area contributed by atoms with E-state index in [0.717, 1.165) is 12.1 Å². The van der Waals surface area contributed by atoms with Crippen LogP contribution in [0.25, 0.3) is 0 Å². The molecule has 0 atom stereocenters. The SMILES string of the molecule is CC(=O)NNC1=Nc2ccc(C(F)(F)F)cc2C(c2ccccc2)=NC1. The number of carbonyl (C=O) groups is 1. The Morgan fingerprint density at radius 1 is 1.12 bits per heavy atom. The van der Waals surface area contributed by atoms with E-state index in [0.29, 0.717) is 22.8 Å².